The van der Waals surface area contributed by atoms with Gasteiger partial charge in [0, 0.05) is 51.7 Å². The molecule has 1 amide bonds. The maximum Gasteiger partial charge on any atom is 0.272 e. The number of hydrogen-bond acceptors (Lipinski definition) is 6. The Morgan fingerprint density at radius 1 is 0.963 bits per heavy atom. The van der Waals surface area contributed by atoms with Gasteiger partial charge in [0.2, 0.25) is 5.95 Å². The van der Waals surface area contributed by atoms with Crippen molar-refractivity contribution >= 4 is 17.5 Å². The van der Waals surface area contributed by atoms with E-state index < -0.39 is 0 Å². The smallest absolute Gasteiger partial charge is 0.272 e. The predicted molar refractivity (Wildman–Crippen MR) is 107 cm³/mol. The summed E-state index contributed by atoms with van der Waals surface area (Å²) in [5, 5.41) is 0. The van der Waals surface area contributed by atoms with Gasteiger partial charge in [0.25, 0.3) is 5.91 Å². The Labute approximate surface area is 161 Å². The second-order valence-corrected chi connectivity index (χ2v) is 6.72. The van der Waals surface area contributed by atoms with Crippen LogP contribution in [0, 0.1) is 0 Å². The van der Waals surface area contributed by atoms with Crippen molar-refractivity contribution in [1.82, 2.24) is 19.9 Å². The van der Waals surface area contributed by atoms with Gasteiger partial charge in [-0.1, -0.05) is 13.8 Å². The fourth-order valence-electron chi connectivity index (χ4n) is 3.34. The number of amides is 1. The number of hydrogen-bond donors (Lipinski definition) is 0. The van der Waals surface area contributed by atoms with Crippen molar-refractivity contribution < 1.29 is 4.79 Å². The van der Waals surface area contributed by atoms with E-state index in [1.807, 2.05) is 29.3 Å². The van der Waals surface area contributed by atoms with Crippen molar-refractivity contribution in [2.45, 2.75) is 26.7 Å². The summed E-state index contributed by atoms with van der Waals surface area (Å²) in [6.07, 6.45) is 7.28. The molecule has 1 saturated heterocycles. The third-order valence-corrected chi connectivity index (χ3v) is 4.72. The average Bonchev–Trinajstić information content (AvgIpc) is 2.74. The van der Waals surface area contributed by atoms with Crippen LogP contribution in [-0.4, -0.2) is 65.0 Å². The monoisotopic (exact) mass is 368 g/mol. The lowest BCUT2D eigenvalue weighted by Gasteiger charge is -2.35. The zero-order valence-corrected chi connectivity index (χ0v) is 16.2. The zero-order valence-electron chi connectivity index (χ0n) is 16.2. The normalized spacial score (nSPS) is 14.3. The third-order valence-electron chi connectivity index (χ3n) is 4.72. The van der Waals surface area contributed by atoms with Crippen molar-refractivity contribution in [3.63, 3.8) is 0 Å². The molecular weight excluding hydrogens is 340 g/mol. The lowest BCUT2D eigenvalue weighted by atomic mass is 10.2. The number of aromatic nitrogens is 3. The fourth-order valence-corrected chi connectivity index (χ4v) is 3.34. The molecule has 2 aromatic rings. The van der Waals surface area contributed by atoms with Gasteiger partial charge in [-0.05, 0) is 31.0 Å². The van der Waals surface area contributed by atoms with Crippen molar-refractivity contribution in [1.29, 1.82) is 0 Å². The van der Waals surface area contributed by atoms with Gasteiger partial charge in [0.1, 0.15) is 5.69 Å². The minimum atomic E-state index is 0.0243. The molecule has 0 unspecified atom stereocenters. The van der Waals surface area contributed by atoms with E-state index >= 15 is 0 Å². The first-order valence-corrected chi connectivity index (χ1v) is 9.75. The van der Waals surface area contributed by atoms with Crippen LogP contribution in [0.1, 0.15) is 37.2 Å². The van der Waals surface area contributed by atoms with Gasteiger partial charge in [-0.15, -0.1) is 0 Å². The van der Waals surface area contributed by atoms with Gasteiger partial charge in [0.05, 0.1) is 11.9 Å². The summed E-state index contributed by atoms with van der Waals surface area (Å²) >= 11 is 0. The first-order chi connectivity index (χ1) is 13.2. The molecule has 0 radical (unpaired) electrons. The molecular formula is C20H28N6O. The summed E-state index contributed by atoms with van der Waals surface area (Å²) in [4.78, 5) is 32.1. The number of carbonyl (C=O) groups is 1. The molecule has 0 bridgehead atoms. The van der Waals surface area contributed by atoms with Crippen LogP contribution < -0.4 is 9.80 Å². The highest BCUT2D eigenvalue weighted by atomic mass is 16.2. The minimum Gasteiger partial charge on any atom is -0.367 e. The van der Waals surface area contributed by atoms with Crippen LogP contribution in [0.25, 0.3) is 0 Å². The van der Waals surface area contributed by atoms with Crippen LogP contribution in [0.4, 0.5) is 11.6 Å². The maximum atomic E-state index is 12.6. The summed E-state index contributed by atoms with van der Waals surface area (Å²) < 4.78 is 0. The van der Waals surface area contributed by atoms with E-state index in [1.54, 1.807) is 12.4 Å². The number of anilines is 2. The van der Waals surface area contributed by atoms with Gasteiger partial charge in [0.15, 0.2) is 0 Å². The Morgan fingerprint density at radius 2 is 1.59 bits per heavy atom. The largest absolute Gasteiger partial charge is 0.367 e. The number of nitrogens with zero attached hydrogens (tertiary/aromatic N) is 6. The summed E-state index contributed by atoms with van der Waals surface area (Å²) in [7, 11) is 0. The summed E-state index contributed by atoms with van der Waals surface area (Å²) in [6, 6.07) is 5.68. The van der Waals surface area contributed by atoms with Crippen LogP contribution in [0.15, 0.2) is 36.8 Å². The second kappa shape index (κ2) is 9.30. The van der Waals surface area contributed by atoms with Gasteiger partial charge in [-0.3, -0.25) is 4.79 Å². The highest BCUT2D eigenvalue weighted by Gasteiger charge is 2.20. The summed E-state index contributed by atoms with van der Waals surface area (Å²) in [6.45, 7) is 9.23. The Hall–Kier alpha value is -2.70. The number of carbonyl (C=O) groups excluding carboxylic acids is 1. The summed E-state index contributed by atoms with van der Waals surface area (Å²) in [5.74, 6) is 0.805. The molecule has 1 aliphatic heterocycles. The van der Waals surface area contributed by atoms with Crippen molar-refractivity contribution in [3.8, 4) is 0 Å². The maximum absolute atomic E-state index is 12.6. The Bertz CT molecular complexity index is 707. The van der Waals surface area contributed by atoms with Crippen LogP contribution in [0.3, 0.4) is 0 Å². The highest BCUT2D eigenvalue weighted by Crippen LogP contribution is 2.18. The quantitative estimate of drug-likeness (QED) is 0.748. The van der Waals surface area contributed by atoms with Crippen molar-refractivity contribution in [2.75, 3.05) is 49.1 Å². The Balaban J connectivity index is 1.60. The van der Waals surface area contributed by atoms with E-state index in [1.165, 1.54) is 0 Å². The van der Waals surface area contributed by atoms with Gasteiger partial charge in [-0.2, -0.15) is 0 Å². The molecule has 0 aliphatic carbocycles. The first-order valence-electron chi connectivity index (χ1n) is 9.75. The molecule has 0 spiro atoms. The highest BCUT2D eigenvalue weighted by molar-refractivity contribution is 5.92. The Kier molecular flexibility index (Phi) is 6.57. The van der Waals surface area contributed by atoms with E-state index in [0.717, 1.165) is 63.7 Å². The van der Waals surface area contributed by atoms with Gasteiger partial charge in [-0.25, -0.2) is 15.0 Å². The van der Waals surface area contributed by atoms with E-state index in [4.69, 9.17) is 0 Å². The van der Waals surface area contributed by atoms with Crippen LogP contribution in [0.2, 0.25) is 0 Å². The fraction of sp³-hybridized carbons (Fsp3) is 0.500. The molecule has 1 aliphatic rings. The molecule has 144 valence electrons. The first kappa shape index (κ1) is 19.1. The van der Waals surface area contributed by atoms with E-state index in [2.05, 4.69) is 38.6 Å². The molecule has 7 heteroatoms. The lowest BCUT2D eigenvalue weighted by molar-refractivity contribution is 0.0749. The number of rotatable bonds is 7. The molecule has 1 fully saturated rings. The molecule has 2 aromatic heterocycles. The van der Waals surface area contributed by atoms with Crippen LogP contribution in [0.5, 0.6) is 0 Å². The van der Waals surface area contributed by atoms with E-state index in [0.29, 0.717) is 5.69 Å². The van der Waals surface area contributed by atoms with Crippen LogP contribution in [-0.2, 0) is 0 Å². The topological polar surface area (TPSA) is 65.5 Å². The molecule has 0 atom stereocenters. The number of pyridine rings is 1. The number of piperazine rings is 1. The molecule has 3 heterocycles. The second-order valence-electron chi connectivity index (χ2n) is 6.72. The van der Waals surface area contributed by atoms with Gasteiger partial charge < -0.3 is 14.7 Å². The molecule has 27 heavy (non-hydrogen) atoms. The predicted octanol–water partition coefficient (Wildman–Crippen LogP) is 2.46. The lowest BCUT2D eigenvalue weighted by Crippen LogP contribution is -2.47. The van der Waals surface area contributed by atoms with Gasteiger partial charge >= 0.3 is 0 Å². The molecule has 0 N–H and O–H groups in total. The molecule has 3 rings (SSSR count). The molecule has 0 aromatic carbocycles. The van der Waals surface area contributed by atoms with E-state index in [-0.39, 0.29) is 5.91 Å². The zero-order chi connectivity index (χ0) is 19.1. The summed E-state index contributed by atoms with van der Waals surface area (Å²) in [5.41, 5.74) is 1.58. The minimum absolute atomic E-state index is 0.0243. The average molecular weight is 368 g/mol. The standard InChI is InChI=1S/C20H28N6O/c1-3-10-25(11-4-2)19(27)18-7-6-17(16-23-18)24-12-14-26(15-13-24)20-21-8-5-9-22-20/h5-9,16H,3-4,10-15H2,1-2H3. The molecule has 7 nitrogen and oxygen atoms in total. The van der Waals surface area contributed by atoms with Crippen molar-refractivity contribution in [3.05, 3.63) is 42.5 Å². The Morgan fingerprint density at radius 3 is 2.15 bits per heavy atom. The third kappa shape index (κ3) is 4.72. The van der Waals surface area contributed by atoms with Crippen LogP contribution >= 0.6 is 0 Å². The van der Waals surface area contributed by atoms with Crippen molar-refractivity contribution in [2.24, 2.45) is 0 Å². The van der Waals surface area contributed by atoms with E-state index in [9.17, 15) is 4.79 Å². The molecule has 0 saturated carbocycles. The SMILES string of the molecule is CCCN(CCC)C(=O)c1ccc(N2CCN(c3ncccn3)CC2)cn1.